The van der Waals surface area contributed by atoms with E-state index in [0.717, 1.165) is 19.4 Å². The molecular formula is C11H23NO3S. The van der Waals surface area contributed by atoms with E-state index in [1.807, 2.05) is 6.92 Å². The second kappa shape index (κ2) is 5.47. The number of hydrogen-bond donors (Lipinski definition) is 2. The van der Waals surface area contributed by atoms with E-state index in [1.165, 1.54) is 6.26 Å². The Morgan fingerprint density at radius 3 is 2.62 bits per heavy atom. The molecule has 0 bridgehead atoms. The molecule has 5 heteroatoms. The summed E-state index contributed by atoms with van der Waals surface area (Å²) in [6, 6.07) is 0.359. The molecule has 2 N–H and O–H groups in total. The van der Waals surface area contributed by atoms with Gasteiger partial charge in [-0.05, 0) is 38.1 Å². The molecule has 1 aliphatic heterocycles. The molecule has 0 radical (unpaired) electrons. The minimum Gasteiger partial charge on any atom is -0.392 e. The van der Waals surface area contributed by atoms with Crippen molar-refractivity contribution in [3.63, 3.8) is 0 Å². The highest BCUT2D eigenvalue weighted by Crippen LogP contribution is 2.27. The van der Waals surface area contributed by atoms with Gasteiger partial charge in [0, 0.05) is 12.3 Å². The number of nitrogens with one attached hydrogen (secondary N) is 1. The van der Waals surface area contributed by atoms with Gasteiger partial charge in [-0.25, -0.2) is 8.42 Å². The first-order valence-corrected chi connectivity index (χ1v) is 7.96. The van der Waals surface area contributed by atoms with Crippen molar-refractivity contribution >= 4 is 9.84 Å². The first kappa shape index (κ1) is 13.9. The van der Waals surface area contributed by atoms with Crippen LogP contribution in [0.15, 0.2) is 0 Å². The van der Waals surface area contributed by atoms with Gasteiger partial charge in [-0.2, -0.15) is 0 Å². The molecule has 0 aromatic carbocycles. The summed E-state index contributed by atoms with van der Waals surface area (Å²) >= 11 is 0. The smallest absolute Gasteiger partial charge is 0.150 e. The van der Waals surface area contributed by atoms with Gasteiger partial charge in [-0.15, -0.1) is 0 Å². The third-order valence-electron chi connectivity index (χ3n) is 3.58. The van der Waals surface area contributed by atoms with Crippen molar-refractivity contribution in [2.75, 3.05) is 18.6 Å². The lowest BCUT2D eigenvalue weighted by molar-refractivity contribution is 0.0749. The minimum absolute atomic E-state index is 0.0255. The Hall–Kier alpha value is -0.130. The van der Waals surface area contributed by atoms with E-state index in [0.29, 0.717) is 12.0 Å². The maximum atomic E-state index is 11.1. The molecule has 1 fully saturated rings. The Labute approximate surface area is 98.4 Å². The zero-order valence-corrected chi connectivity index (χ0v) is 11.1. The molecule has 0 aromatic rings. The van der Waals surface area contributed by atoms with Gasteiger partial charge in [0.25, 0.3) is 0 Å². The average molecular weight is 249 g/mol. The first-order valence-electron chi connectivity index (χ1n) is 5.90. The summed E-state index contributed by atoms with van der Waals surface area (Å²) in [6.45, 7) is 5.07. The molecule has 16 heavy (non-hydrogen) atoms. The molecule has 0 aliphatic carbocycles. The quantitative estimate of drug-likeness (QED) is 0.757. The van der Waals surface area contributed by atoms with Gasteiger partial charge in [0.05, 0.1) is 11.9 Å². The van der Waals surface area contributed by atoms with Gasteiger partial charge in [-0.1, -0.05) is 6.92 Å². The van der Waals surface area contributed by atoms with Crippen LogP contribution in [0.3, 0.4) is 0 Å². The zero-order valence-electron chi connectivity index (χ0n) is 10.3. The van der Waals surface area contributed by atoms with E-state index in [2.05, 4.69) is 12.2 Å². The van der Waals surface area contributed by atoms with E-state index in [4.69, 9.17) is 0 Å². The number of aliphatic hydroxyl groups excluding tert-OH is 1. The molecule has 1 aliphatic rings. The number of aliphatic hydroxyl groups is 1. The van der Waals surface area contributed by atoms with E-state index < -0.39 is 15.9 Å². The van der Waals surface area contributed by atoms with Gasteiger partial charge >= 0.3 is 0 Å². The fourth-order valence-corrected chi connectivity index (χ4v) is 3.46. The van der Waals surface area contributed by atoms with Crippen molar-refractivity contribution in [3.8, 4) is 0 Å². The molecular weight excluding hydrogens is 226 g/mol. The monoisotopic (exact) mass is 249 g/mol. The Morgan fingerprint density at radius 2 is 2.12 bits per heavy atom. The lowest BCUT2D eigenvalue weighted by Gasteiger charge is -2.36. The molecule has 1 rings (SSSR count). The van der Waals surface area contributed by atoms with Crippen LogP contribution in [0.4, 0.5) is 0 Å². The van der Waals surface area contributed by atoms with Crippen LogP contribution in [0.2, 0.25) is 0 Å². The number of rotatable bonds is 4. The van der Waals surface area contributed by atoms with Crippen molar-refractivity contribution in [1.29, 1.82) is 0 Å². The SMILES string of the molecule is CC1NCCC[C@H]1C(C)[C@H](O)CS(C)(=O)=O. The van der Waals surface area contributed by atoms with Crippen molar-refractivity contribution in [2.24, 2.45) is 11.8 Å². The van der Waals surface area contributed by atoms with E-state index >= 15 is 0 Å². The standard InChI is InChI=1S/C11H23NO3S/c1-8(11(13)7-16(3,14)15)10-5-4-6-12-9(10)2/h8-13H,4-7H2,1-3H3/t8?,9?,10-,11+/m0/s1. The lowest BCUT2D eigenvalue weighted by atomic mass is 9.79. The summed E-state index contributed by atoms with van der Waals surface area (Å²) in [5, 5.41) is 13.3. The van der Waals surface area contributed by atoms with E-state index in [9.17, 15) is 13.5 Å². The van der Waals surface area contributed by atoms with Crippen molar-refractivity contribution in [3.05, 3.63) is 0 Å². The van der Waals surface area contributed by atoms with Crippen LogP contribution in [0.1, 0.15) is 26.7 Å². The molecule has 1 saturated heterocycles. The highest BCUT2D eigenvalue weighted by atomic mass is 32.2. The molecule has 4 nitrogen and oxygen atoms in total. The largest absolute Gasteiger partial charge is 0.392 e. The van der Waals surface area contributed by atoms with Gasteiger partial charge in [0.2, 0.25) is 0 Å². The fraction of sp³-hybridized carbons (Fsp3) is 1.00. The molecule has 0 aromatic heterocycles. The van der Waals surface area contributed by atoms with Crippen LogP contribution in [0.5, 0.6) is 0 Å². The second-order valence-corrected chi connectivity index (χ2v) is 7.25. The van der Waals surface area contributed by atoms with Crippen LogP contribution in [0, 0.1) is 11.8 Å². The van der Waals surface area contributed by atoms with Gasteiger partial charge in [-0.3, -0.25) is 0 Å². The topological polar surface area (TPSA) is 66.4 Å². The van der Waals surface area contributed by atoms with Crippen LogP contribution in [0.25, 0.3) is 0 Å². The summed E-state index contributed by atoms with van der Waals surface area (Å²) in [4.78, 5) is 0. The Morgan fingerprint density at radius 1 is 1.50 bits per heavy atom. The Kier molecular flexibility index (Phi) is 4.76. The first-order chi connectivity index (χ1) is 7.31. The highest BCUT2D eigenvalue weighted by molar-refractivity contribution is 7.90. The Bertz CT molecular complexity index is 315. The van der Waals surface area contributed by atoms with Gasteiger partial charge < -0.3 is 10.4 Å². The van der Waals surface area contributed by atoms with Crippen molar-refractivity contribution in [1.82, 2.24) is 5.32 Å². The molecule has 4 atom stereocenters. The normalized spacial score (nSPS) is 31.0. The number of piperidine rings is 1. The van der Waals surface area contributed by atoms with E-state index in [-0.39, 0.29) is 11.7 Å². The average Bonchev–Trinajstić information content (AvgIpc) is 2.15. The maximum absolute atomic E-state index is 11.1. The number of sulfone groups is 1. The molecule has 0 saturated carbocycles. The van der Waals surface area contributed by atoms with Crippen molar-refractivity contribution in [2.45, 2.75) is 38.8 Å². The minimum atomic E-state index is -3.09. The van der Waals surface area contributed by atoms with Crippen molar-refractivity contribution < 1.29 is 13.5 Å². The Balaban J connectivity index is 2.58. The van der Waals surface area contributed by atoms with Crippen LogP contribution < -0.4 is 5.32 Å². The van der Waals surface area contributed by atoms with Crippen LogP contribution in [-0.2, 0) is 9.84 Å². The predicted molar refractivity (Wildman–Crippen MR) is 65.1 cm³/mol. The summed E-state index contributed by atoms with van der Waals surface area (Å²) < 4.78 is 22.3. The zero-order chi connectivity index (χ0) is 12.3. The third kappa shape index (κ3) is 4.03. The highest BCUT2D eigenvalue weighted by Gasteiger charge is 2.31. The maximum Gasteiger partial charge on any atom is 0.150 e. The van der Waals surface area contributed by atoms with Crippen LogP contribution >= 0.6 is 0 Å². The molecule has 96 valence electrons. The predicted octanol–water partition coefficient (Wildman–Crippen LogP) is 0.416. The van der Waals surface area contributed by atoms with Gasteiger partial charge in [0.1, 0.15) is 9.84 Å². The summed E-state index contributed by atoms with van der Waals surface area (Å²) in [5.74, 6) is 0.264. The van der Waals surface area contributed by atoms with Crippen LogP contribution in [-0.4, -0.2) is 44.2 Å². The summed E-state index contributed by atoms with van der Waals surface area (Å²) in [7, 11) is -3.09. The third-order valence-corrected chi connectivity index (χ3v) is 4.53. The second-order valence-electron chi connectivity index (χ2n) is 5.07. The summed E-state index contributed by atoms with van der Waals surface area (Å²) in [5.41, 5.74) is 0. The lowest BCUT2D eigenvalue weighted by Crippen LogP contribution is -2.45. The fourth-order valence-electron chi connectivity index (χ4n) is 2.53. The molecule has 0 amide bonds. The van der Waals surface area contributed by atoms with Gasteiger partial charge in [0.15, 0.2) is 0 Å². The van der Waals surface area contributed by atoms with E-state index in [1.54, 1.807) is 0 Å². The summed E-state index contributed by atoms with van der Waals surface area (Å²) in [6.07, 6.45) is 2.59. The number of hydrogen-bond acceptors (Lipinski definition) is 4. The molecule has 2 unspecified atom stereocenters. The molecule has 0 spiro atoms. The molecule has 1 heterocycles.